The molecule has 19 heavy (non-hydrogen) atoms. The van der Waals surface area contributed by atoms with Gasteiger partial charge in [-0.05, 0) is 12.8 Å². The summed E-state index contributed by atoms with van der Waals surface area (Å²) in [4.78, 5) is 14.0. The molecule has 1 aromatic rings. The highest BCUT2D eigenvalue weighted by Crippen LogP contribution is 2.11. The molecule has 0 N–H and O–H groups in total. The van der Waals surface area contributed by atoms with Gasteiger partial charge in [0.05, 0.1) is 31.2 Å². The zero-order chi connectivity index (χ0) is 13.5. The van der Waals surface area contributed by atoms with Crippen molar-refractivity contribution in [1.82, 2.24) is 9.78 Å². The number of ether oxygens (including phenoxy) is 1. The van der Waals surface area contributed by atoms with Gasteiger partial charge in [0.25, 0.3) is 5.56 Å². The highest BCUT2D eigenvalue weighted by Gasteiger charge is 2.12. The molecular weight excluding hydrogens is 244 g/mol. The first-order valence-electron chi connectivity index (χ1n) is 6.58. The molecule has 0 aromatic carbocycles. The molecular formula is C13H18N4O2. The summed E-state index contributed by atoms with van der Waals surface area (Å²) < 4.78 is 6.74. The van der Waals surface area contributed by atoms with E-state index in [-0.39, 0.29) is 5.56 Å². The van der Waals surface area contributed by atoms with Crippen LogP contribution in [0.15, 0.2) is 17.1 Å². The zero-order valence-electron chi connectivity index (χ0n) is 10.9. The van der Waals surface area contributed by atoms with Crippen molar-refractivity contribution < 1.29 is 4.74 Å². The molecule has 6 heteroatoms. The molecule has 2 rings (SSSR count). The molecule has 0 saturated carbocycles. The van der Waals surface area contributed by atoms with Crippen LogP contribution in [0.1, 0.15) is 19.3 Å². The molecule has 1 aliphatic rings. The van der Waals surface area contributed by atoms with E-state index < -0.39 is 0 Å². The third-order valence-electron chi connectivity index (χ3n) is 3.14. The first kappa shape index (κ1) is 13.6. The number of aromatic nitrogens is 2. The number of nitrogens with zero attached hydrogens (tertiary/aromatic N) is 4. The third kappa shape index (κ3) is 3.80. The molecule has 0 radical (unpaired) electrons. The Hall–Kier alpha value is -1.87. The van der Waals surface area contributed by atoms with Gasteiger partial charge in [0.15, 0.2) is 0 Å². The molecule has 1 aliphatic heterocycles. The van der Waals surface area contributed by atoms with E-state index in [4.69, 9.17) is 10.00 Å². The Bertz CT molecular complexity index is 500. The fraction of sp³-hybridized carbons (Fsp3) is 0.615. The first-order valence-corrected chi connectivity index (χ1v) is 6.58. The van der Waals surface area contributed by atoms with Crippen molar-refractivity contribution in [3.8, 4) is 6.07 Å². The van der Waals surface area contributed by atoms with Gasteiger partial charge in [0.2, 0.25) is 0 Å². The van der Waals surface area contributed by atoms with Crippen LogP contribution in [0.25, 0.3) is 0 Å². The van der Waals surface area contributed by atoms with E-state index in [0.717, 1.165) is 31.6 Å². The van der Waals surface area contributed by atoms with E-state index in [1.54, 1.807) is 12.3 Å². The lowest BCUT2D eigenvalue weighted by atomic mass is 10.2. The molecule has 0 amide bonds. The minimum atomic E-state index is -0.0825. The standard InChI is InChI=1S/C13H18N4O2/c14-4-2-1-3-5-17-13(18)10-12(11-15-17)16-6-8-19-9-7-16/h10-11H,1-3,5-9H2. The largest absolute Gasteiger partial charge is 0.378 e. The van der Waals surface area contributed by atoms with Crippen LogP contribution in [0.2, 0.25) is 0 Å². The Labute approximate surface area is 112 Å². The van der Waals surface area contributed by atoms with Gasteiger partial charge < -0.3 is 9.64 Å². The zero-order valence-corrected chi connectivity index (χ0v) is 10.9. The summed E-state index contributed by atoms with van der Waals surface area (Å²) in [6, 6.07) is 3.72. The molecule has 6 nitrogen and oxygen atoms in total. The van der Waals surface area contributed by atoms with Crippen LogP contribution in [0.3, 0.4) is 0 Å². The second-order valence-corrected chi connectivity index (χ2v) is 4.49. The summed E-state index contributed by atoms with van der Waals surface area (Å²) in [7, 11) is 0. The summed E-state index contributed by atoms with van der Waals surface area (Å²) in [5.41, 5.74) is 0.780. The van der Waals surface area contributed by atoms with Crippen LogP contribution >= 0.6 is 0 Å². The fourth-order valence-corrected chi connectivity index (χ4v) is 2.05. The monoisotopic (exact) mass is 262 g/mol. The quantitative estimate of drug-likeness (QED) is 0.733. The second-order valence-electron chi connectivity index (χ2n) is 4.49. The molecule has 102 valence electrons. The van der Waals surface area contributed by atoms with Crippen LogP contribution < -0.4 is 10.5 Å². The molecule has 0 unspecified atom stereocenters. The Morgan fingerprint density at radius 3 is 2.84 bits per heavy atom. The van der Waals surface area contributed by atoms with Gasteiger partial charge in [-0.1, -0.05) is 0 Å². The summed E-state index contributed by atoms with van der Waals surface area (Å²) in [5, 5.41) is 12.6. The Balaban J connectivity index is 1.96. The fourth-order valence-electron chi connectivity index (χ4n) is 2.05. The predicted molar refractivity (Wildman–Crippen MR) is 71.0 cm³/mol. The number of morpholine rings is 1. The molecule has 1 fully saturated rings. The maximum atomic E-state index is 11.9. The smallest absolute Gasteiger partial charge is 0.268 e. The average molecular weight is 262 g/mol. The van der Waals surface area contributed by atoms with Crippen LogP contribution in [0, 0.1) is 11.3 Å². The normalized spacial score (nSPS) is 15.2. The predicted octanol–water partition coefficient (Wildman–Crippen LogP) is 0.774. The van der Waals surface area contributed by atoms with Gasteiger partial charge in [-0.25, -0.2) is 4.68 Å². The molecule has 1 saturated heterocycles. The van der Waals surface area contributed by atoms with Crippen molar-refractivity contribution >= 4 is 5.69 Å². The van der Waals surface area contributed by atoms with E-state index in [1.807, 2.05) is 0 Å². The van der Waals surface area contributed by atoms with Crippen molar-refractivity contribution in [3.05, 3.63) is 22.6 Å². The summed E-state index contributed by atoms with van der Waals surface area (Å²) in [6.45, 7) is 3.55. The van der Waals surface area contributed by atoms with Gasteiger partial charge >= 0.3 is 0 Å². The number of hydrogen-bond acceptors (Lipinski definition) is 5. The summed E-state index contributed by atoms with van der Waals surface area (Å²) in [6.07, 6.45) is 3.87. The number of nitriles is 1. The lowest BCUT2D eigenvalue weighted by Gasteiger charge is -2.28. The Kier molecular flexibility index (Phi) is 4.93. The SMILES string of the molecule is N#CCCCCn1ncc(N2CCOCC2)cc1=O. The van der Waals surface area contributed by atoms with E-state index in [2.05, 4.69) is 16.1 Å². The number of unbranched alkanes of at least 4 members (excludes halogenated alkanes) is 2. The summed E-state index contributed by atoms with van der Waals surface area (Å²) in [5.74, 6) is 0. The minimum Gasteiger partial charge on any atom is -0.378 e. The third-order valence-corrected chi connectivity index (χ3v) is 3.14. The molecule has 1 aromatic heterocycles. The van der Waals surface area contributed by atoms with Crippen molar-refractivity contribution in [3.63, 3.8) is 0 Å². The molecule has 0 atom stereocenters. The molecule has 2 heterocycles. The van der Waals surface area contributed by atoms with E-state index in [1.165, 1.54) is 4.68 Å². The Morgan fingerprint density at radius 1 is 1.37 bits per heavy atom. The van der Waals surface area contributed by atoms with E-state index in [0.29, 0.717) is 26.2 Å². The van der Waals surface area contributed by atoms with Crippen molar-refractivity contribution in [2.75, 3.05) is 31.2 Å². The van der Waals surface area contributed by atoms with Crippen LogP contribution in [0.5, 0.6) is 0 Å². The van der Waals surface area contributed by atoms with Gasteiger partial charge in [-0.15, -0.1) is 0 Å². The van der Waals surface area contributed by atoms with Crippen molar-refractivity contribution in [2.24, 2.45) is 0 Å². The summed E-state index contributed by atoms with van der Waals surface area (Å²) >= 11 is 0. The van der Waals surface area contributed by atoms with E-state index >= 15 is 0 Å². The van der Waals surface area contributed by atoms with Gasteiger partial charge in [-0.2, -0.15) is 10.4 Å². The Morgan fingerprint density at radius 2 is 2.16 bits per heavy atom. The van der Waals surface area contributed by atoms with Crippen molar-refractivity contribution in [2.45, 2.75) is 25.8 Å². The van der Waals surface area contributed by atoms with Crippen LogP contribution in [0.4, 0.5) is 5.69 Å². The maximum Gasteiger partial charge on any atom is 0.268 e. The number of hydrogen-bond donors (Lipinski definition) is 0. The minimum absolute atomic E-state index is 0.0825. The van der Waals surface area contributed by atoms with Crippen LogP contribution in [-0.2, 0) is 11.3 Å². The molecule has 0 bridgehead atoms. The molecule has 0 spiro atoms. The lowest BCUT2D eigenvalue weighted by Crippen LogP contribution is -2.37. The van der Waals surface area contributed by atoms with Crippen molar-refractivity contribution in [1.29, 1.82) is 5.26 Å². The number of anilines is 1. The van der Waals surface area contributed by atoms with E-state index in [9.17, 15) is 4.79 Å². The topological polar surface area (TPSA) is 71.2 Å². The lowest BCUT2D eigenvalue weighted by molar-refractivity contribution is 0.122. The first-order chi connectivity index (χ1) is 9.31. The highest BCUT2D eigenvalue weighted by atomic mass is 16.5. The molecule has 0 aliphatic carbocycles. The van der Waals surface area contributed by atoms with Crippen LogP contribution in [-0.4, -0.2) is 36.1 Å². The number of rotatable bonds is 5. The van der Waals surface area contributed by atoms with Gasteiger partial charge in [0.1, 0.15) is 0 Å². The maximum absolute atomic E-state index is 11.9. The van der Waals surface area contributed by atoms with Gasteiger partial charge in [0, 0.05) is 32.1 Å². The number of aryl methyl sites for hydroxylation is 1. The highest BCUT2D eigenvalue weighted by molar-refractivity contribution is 5.43. The average Bonchev–Trinajstić information content (AvgIpc) is 2.46. The van der Waals surface area contributed by atoms with Gasteiger partial charge in [-0.3, -0.25) is 4.79 Å². The second kappa shape index (κ2) is 6.90.